The van der Waals surface area contributed by atoms with Gasteiger partial charge in [-0.25, -0.2) is 0 Å². The van der Waals surface area contributed by atoms with Crippen LogP contribution in [0.4, 0.5) is 0 Å². The highest BCUT2D eigenvalue weighted by molar-refractivity contribution is 7.78. The molecule has 0 fully saturated rings. The molecule has 1 unspecified atom stereocenters. The van der Waals surface area contributed by atoms with Gasteiger partial charge in [-0.05, 0) is 35.4 Å². The summed E-state index contributed by atoms with van der Waals surface area (Å²) in [6, 6.07) is 21.8. The Morgan fingerprint density at radius 3 is 2.29 bits per heavy atom. The Labute approximate surface area is 126 Å². The Bertz CT molecular complexity index is 748. The molecule has 106 valence electrons. The maximum atomic E-state index is 10.7. The first-order valence-electron chi connectivity index (χ1n) is 6.62. The zero-order chi connectivity index (χ0) is 14.7. The van der Waals surface area contributed by atoms with E-state index in [-0.39, 0.29) is 5.75 Å². The van der Waals surface area contributed by atoms with Gasteiger partial charge >= 0.3 is 0 Å². The highest BCUT2D eigenvalue weighted by Crippen LogP contribution is 2.24. The van der Waals surface area contributed by atoms with Crippen LogP contribution < -0.4 is 0 Å². The Hall–Kier alpha value is -2.17. The number of rotatable bonds is 4. The predicted molar refractivity (Wildman–Crippen MR) is 83.8 cm³/mol. The second-order valence-electron chi connectivity index (χ2n) is 4.74. The molecule has 1 heterocycles. The molecule has 4 heteroatoms. The van der Waals surface area contributed by atoms with Crippen LogP contribution in [-0.4, -0.2) is 13.3 Å². The van der Waals surface area contributed by atoms with Gasteiger partial charge in [0.25, 0.3) is 0 Å². The average Bonchev–Trinajstić information content (AvgIpc) is 2.98. The fraction of sp³-hybridized carbons (Fsp3) is 0.0588. The number of nitrogens with zero attached hydrogens (tertiary/aromatic N) is 1. The van der Waals surface area contributed by atoms with Gasteiger partial charge in [0.15, 0.2) is 0 Å². The van der Waals surface area contributed by atoms with Crippen molar-refractivity contribution in [2.75, 3.05) is 0 Å². The zero-order valence-corrected chi connectivity index (χ0v) is 12.1. The van der Waals surface area contributed by atoms with E-state index in [1.54, 1.807) is 0 Å². The molecule has 1 aromatic heterocycles. The average molecular weight is 296 g/mol. The van der Waals surface area contributed by atoms with Gasteiger partial charge in [0, 0.05) is 17.6 Å². The summed E-state index contributed by atoms with van der Waals surface area (Å²) in [6.07, 6.45) is 2.02. The van der Waals surface area contributed by atoms with Crippen molar-refractivity contribution in [3.8, 4) is 16.9 Å². The second-order valence-corrected chi connectivity index (χ2v) is 5.64. The fourth-order valence-corrected chi connectivity index (χ4v) is 2.80. The van der Waals surface area contributed by atoms with E-state index in [0.717, 1.165) is 22.5 Å². The molecule has 1 atom stereocenters. The Morgan fingerprint density at radius 2 is 1.62 bits per heavy atom. The van der Waals surface area contributed by atoms with Crippen molar-refractivity contribution in [3.05, 3.63) is 78.5 Å². The molecule has 0 spiro atoms. The van der Waals surface area contributed by atoms with E-state index < -0.39 is 11.1 Å². The first-order valence-corrected chi connectivity index (χ1v) is 7.86. The van der Waals surface area contributed by atoms with Crippen molar-refractivity contribution in [1.82, 2.24) is 4.57 Å². The predicted octanol–water partition coefficient (Wildman–Crippen LogP) is 3.52. The molecular weight excluding hydrogens is 282 g/mol. The van der Waals surface area contributed by atoms with Crippen LogP contribution in [0.3, 0.4) is 0 Å². The summed E-state index contributed by atoms with van der Waals surface area (Å²) in [6.45, 7) is 0. The van der Waals surface area contributed by atoms with Gasteiger partial charge in [0.05, 0.1) is 5.69 Å². The highest BCUT2D eigenvalue weighted by Gasteiger charge is 2.05. The van der Waals surface area contributed by atoms with Gasteiger partial charge in [0.2, 0.25) is 0 Å². The van der Waals surface area contributed by atoms with E-state index >= 15 is 0 Å². The van der Waals surface area contributed by atoms with Crippen molar-refractivity contribution in [2.45, 2.75) is 5.75 Å². The maximum Gasteiger partial charge on any atom is 0.0528 e. The Kier molecular flexibility index (Phi) is 3.99. The number of aromatic nitrogens is 1. The lowest BCUT2D eigenvalue weighted by Crippen LogP contribution is -1.96. The van der Waals surface area contributed by atoms with Gasteiger partial charge in [-0.3, -0.25) is 4.21 Å². The van der Waals surface area contributed by atoms with Crippen molar-refractivity contribution in [1.29, 1.82) is 0 Å². The number of para-hydroxylation sites is 1. The number of hydrogen-bond acceptors (Lipinski definition) is 2. The Morgan fingerprint density at radius 1 is 0.905 bits per heavy atom. The molecule has 3 nitrogen and oxygen atoms in total. The summed E-state index contributed by atoms with van der Waals surface area (Å²) in [4.78, 5) is 0. The molecule has 2 aromatic carbocycles. The monoisotopic (exact) mass is 296 g/mol. The third-order valence-electron chi connectivity index (χ3n) is 3.32. The molecule has 0 bridgehead atoms. The van der Waals surface area contributed by atoms with Crippen LogP contribution in [0.5, 0.6) is 0 Å². The minimum absolute atomic E-state index is 0.0555. The van der Waals surface area contributed by atoms with E-state index in [4.69, 9.17) is 0 Å². The maximum absolute atomic E-state index is 10.7. The van der Waals surface area contributed by atoms with E-state index in [1.807, 2.05) is 60.8 Å². The summed E-state index contributed by atoms with van der Waals surface area (Å²) in [5, 5.41) is 0. The van der Waals surface area contributed by atoms with Gasteiger partial charge in [-0.2, -0.15) is 0 Å². The SMILES string of the molecule is O=S([O-])Cc1ccc(-c2cccn2-c2ccccc2)cc1. The minimum Gasteiger partial charge on any atom is -0.772 e. The van der Waals surface area contributed by atoms with Crippen molar-refractivity contribution in [3.63, 3.8) is 0 Å². The van der Waals surface area contributed by atoms with Crippen LogP contribution in [0.2, 0.25) is 0 Å². The largest absolute Gasteiger partial charge is 0.772 e. The van der Waals surface area contributed by atoms with E-state index in [1.165, 1.54) is 0 Å². The summed E-state index contributed by atoms with van der Waals surface area (Å²) >= 11 is -2.05. The lowest BCUT2D eigenvalue weighted by Gasteiger charge is -2.10. The van der Waals surface area contributed by atoms with Crippen molar-refractivity contribution < 1.29 is 8.76 Å². The van der Waals surface area contributed by atoms with Gasteiger partial charge in [0.1, 0.15) is 0 Å². The second kappa shape index (κ2) is 6.08. The molecule has 3 aromatic rings. The van der Waals surface area contributed by atoms with Crippen molar-refractivity contribution >= 4 is 11.1 Å². The first-order chi connectivity index (χ1) is 10.2. The van der Waals surface area contributed by atoms with Crippen LogP contribution in [0.25, 0.3) is 16.9 Å². The van der Waals surface area contributed by atoms with Gasteiger partial charge in [-0.15, -0.1) is 0 Å². The fourth-order valence-electron chi connectivity index (χ4n) is 2.34. The topological polar surface area (TPSA) is 45.1 Å². The molecule has 0 radical (unpaired) electrons. The van der Waals surface area contributed by atoms with Crippen molar-refractivity contribution in [2.24, 2.45) is 0 Å². The van der Waals surface area contributed by atoms with Crippen LogP contribution >= 0.6 is 0 Å². The molecule has 0 aliphatic heterocycles. The van der Waals surface area contributed by atoms with Crippen LogP contribution in [-0.2, 0) is 16.8 Å². The van der Waals surface area contributed by atoms with Crippen LogP contribution in [0.15, 0.2) is 72.9 Å². The molecule has 0 saturated carbocycles. The van der Waals surface area contributed by atoms with Crippen LogP contribution in [0.1, 0.15) is 5.56 Å². The number of benzene rings is 2. The third-order valence-corrected chi connectivity index (χ3v) is 3.89. The summed E-state index contributed by atoms with van der Waals surface area (Å²) in [5.74, 6) is 0.0555. The molecule has 0 amide bonds. The summed E-state index contributed by atoms with van der Waals surface area (Å²) in [7, 11) is 0. The molecule has 21 heavy (non-hydrogen) atoms. The molecule has 3 rings (SSSR count). The van der Waals surface area contributed by atoms with Gasteiger partial charge in [-0.1, -0.05) is 53.5 Å². The molecule has 0 saturated heterocycles. The normalized spacial score (nSPS) is 12.2. The lowest BCUT2D eigenvalue weighted by molar-refractivity contribution is 0.536. The molecule has 0 N–H and O–H groups in total. The quantitative estimate of drug-likeness (QED) is 0.691. The minimum atomic E-state index is -2.05. The zero-order valence-electron chi connectivity index (χ0n) is 11.3. The first kappa shape index (κ1) is 13.8. The van der Waals surface area contributed by atoms with Crippen LogP contribution in [0, 0.1) is 0 Å². The number of hydrogen-bond donors (Lipinski definition) is 0. The molecular formula is C17H14NO2S-. The summed E-state index contributed by atoms with van der Waals surface area (Å²) in [5.41, 5.74) is 4.03. The third kappa shape index (κ3) is 3.12. The van der Waals surface area contributed by atoms with E-state index in [0.29, 0.717) is 0 Å². The van der Waals surface area contributed by atoms with E-state index in [2.05, 4.69) is 16.7 Å². The standard InChI is InChI=1S/C17H15NO2S/c19-21(20)13-14-8-10-15(11-9-14)17-7-4-12-18(17)16-5-2-1-3-6-16/h1-12H,13H2,(H,19,20)/p-1. The van der Waals surface area contributed by atoms with E-state index in [9.17, 15) is 8.76 Å². The molecule has 0 aliphatic carbocycles. The highest BCUT2D eigenvalue weighted by atomic mass is 32.2. The Balaban J connectivity index is 1.95. The lowest BCUT2D eigenvalue weighted by atomic mass is 10.1. The summed E-state index contributed by atoms with van der Waals surface area (Å²) < 4.78 is 23.5. The van der Waals surface area contributed by atoms with Gasteiger partial charge < -0.3 is 9.12 Å². The smallest absolute Gasteiger partial charge is 0.0528 e. The molecule has 0 aliphatic rings.